The molecule has 0 aliphatic carbocycles. The SMILES string of the molecule is CC.CCN=C(NC(=O)Cc1ccc(Br)cc1)C(CC(C)C)=NCc1ccccc1. The molecule has 0 aliphatic rings. The molecule has 0 unspecified atom stereocenters. The summed E-state index contributed by atoms with van der Waals surface area (Å²) in [6.45, 7) is 11.4. The van der Waals surface area contributed by atoms with Crippen LogP contribution in [0.2, 0.25) is 0 Å². The van der Waals surface area contributed by atoms with Crippen LogP contribution in [0.1, 0.15) is 52.2 Å². The second-order valence-electron chi connectivity index (χ2n) is 7.02. The van der Waals surface area contributed by atoms with Gasteiger partial charge in [-0.1, -0.05) is 86.1 Å². The van der Waals surface area contributed by atoms with Crippen molar-refractivity contribution in [3.05, 3.63) is 70.2 Å². The molecule has 0 radical (unpaired) electrons. The van der Waals surface area contributed by atoms with E-state index in [0.29, 0.717) is 31.3 Å². The lowest BCUT2D eigenvalue weighted by Gasteiger charge is -2.14. The number of rotatable bonds is 8. The Kier molecular flexibility index (Phi) is 12.6. The normalized spacial score (nSPS) is 11.7. The Hall–Kier alpha value is -2.27. The molecule has 0 fully saturated rings. The van der Waals surface area contributed by atoms with Gasteiger partial charge >= 0.3 is 0 Å². The number of aliphatic imine (C=N–C) groups is 2. The van der Waals surface area contributed by atoms with Crippen molar-refractivity contribution in [2.24, 2.45) is 15.9 Å². The predicted octanol–water partition coefficient (Wildman–Crippen LogP) is 6.24. The van der Waals surface area contributed by atoms with Crippen LogP contribution in [0, 0.1) is 5.92 Å². The second-order valence-corrected chi connectivity index (χ2v) is 7.94. The molecule has 0 saturated carbocycles. The minimum atomic E-state index is -0.0781. The molecule has 30 heavy (non-hydrogen) atoms. The van der Waals surface area contributed by atoms with Crippen molar-refractivity contribution in [2.45, 2.75) is 54.0 Å². The van der Waals surface area contributed by atoms with E-state index >= 15 is 0 Å². The van der Waals surface area contributed by atoms with Crippen LogP contribution in [0.15, 0.2) is 69.1 Å². The average molecular weight is 472 g/mol. The van der Waals surface area contributed by atoms with Gasteiger partial charge in [-0.05, 0) is 42.5 Å². The summed E-state index contributed by atoms with van der Waals surface area (Å²) in [7, 11) is 0. The topological polar surface area (TPSA) is 53.8 Å². The zero-order valence-electron chi connectivity index (χ0n) is 18.8. The van der Waals surface area contributed by atoms with Crippen LogP contribution < -0.4 is 5.32 Å². The van der Waals surface area contributed by atoms with Crippen molar-refractivity contribution in [3.8, 4) is 0 Å². The molecule has 0 bridgehead atoms. The van der Waals surface area contributed by atoms with E-state index in [1.165, 1.54) is 0 Å². The zero-order valence-corrected chi connectivity index (χ0v) is 20.4. The van der Waals surface area contributed by atoms with Gasteiger partial charge in [0.25, 0.3) is 0 Å². The highest BCUT2D eigenvalue weighted by atomic mass is 79.9. The number of amidine groups is 1. The molecule has 162 valence electrons. The fourth-order valence-corrected chi connectivity index (χ4v) is 2.98. The van der Waals surface area contributed by atoms with Gasteiger partial charge < -0.3 is 5.32 Å². The first-order chi connectivity index (χ1) is 14.5. The molecule has 0 saturated heterocycles. The van der Waals surface area contributed by atoms with E-state index in [4.69, 9.17) is 4.99 Å². The number of nitrogens with one attached hydrogen (secondary N) is 1. The fourth-order valence-electron chi connectivity index (χ4n) is 2.72. The molecule has 1 amide bonds. The van der Waals surface area contributed by atoms with Crippen molar-refractivity contribution in [3.63, 3.8) is 0 Å². The molecule has 2 rings (SSSR count). The molecule has 0 atom stereocenters. The van der Waals surface area contributed by atoms with Crippen LogP contribution >= 0.6 is 15.9 Å². The fraction of sp³-hybridized carbons (Fsp3) is 0.400. The Labute approximate surface area is 190 Å². The van der Waals surface area contributed by atoms with Crippen molar-refractivity contribution in [1.29, 1.82) is 0 Å². The van der Waals surface area contributed by atoms with Gasteiger partial charge in [0.1, 0.15) is 5.84 Å². The Morgan fingerprint density at radius 2 is 1.60 bits per heavy atom. The number of hydrogen-bond acceptors (Lipinski definition) is 3. The van der Waals surface area contributed by atoms with Crippen LogP contribution in [-0.2, 0) is 17.8 Å². The third-order valence-electron chi connectivity index (χ3n) is 4.02. The first-order valence-electron chi connectivity index (χ1n) is 10.6. The highest BCUT2D eigenvalue weighted by molar-refractivity contribution is 9.10. The van der Waals surface area contributed by atoms with Gasteiger partial charge in [0.2, 0.25) is 5.91 Å². The van der Waals surface area contributed by atoms with E-state index in [2.05, 4.69) is 52.2 Å². The number of carbonyl (C=O) groups is 1. The van der Waals surface area contributed by atoms with Crippen LogP contribution in [0.4, 0.5) is 0 Å². The summed E-state index contributed by atoms with van der Waals surface area (Å²) in [5, 5.41) is 2.99. The zero-order chi connectivity index (χ0) is 22.4. The maximum absolute atomic E-state index is 12.6. The maximum Gasteiger partial charge on any atom is 0.229 e. The van der Waals surface area contributed by atoms with Gasteiger partial charge in [0.15, 0.2) is 0 Å². The summed E-state index contributed by atoms with van der Waals surface area (Å²) < 4.78 is 0.997. The molecule has 0 aromatic heterocycles. The van der Waals surface area contributed by atoms with E-state index in [1.54, 1.807) is 0 Å². The van der Waals surface area contributed by atoms with E-state index in [0.717, 1.165) is 27.7 Å². The second kappa shape index (κ2) is 14.7. The molecule has 0 spiro atoms. The largest absolute Gasteiger partial charge is 0.309 e. The molecule has 1 N–H and O–H groups in total. The molecule has 0 aliphatic heterocycles. The van der Waals surface area contributed by atoms with E-state index in [9.17, 15) is 4.79 Å². The van der Waals surface area contributed by atoms with Gasteiger partial charge in [-0.2, -0.15) is 0 Å². The first-order valence-corrected chi connectivity index (χ1v) is 11.4. The van der Waals surface area contributed by atoms with Crippen molar-refractivity contribution >= 4 is 33.4 Å². The maximum atomic E-state index is 12.6. The third kappa shape index (κ3) is 9.97. The molecule has 2 aromatic rings. The molecular formula is C25H34BrN3O. The standard InChI is InChI=1S/C23H28BrN3O.C2H6/c1-4-25-23(27-22(28)15-18-10-12-20(24)13-11-18)21(14-17(2)3)26-16-19-8-6-5-7-9-19;1-2/h5-13,17H,4,14-16H2,1-3H3,(H,25,27,28);1-2H3. The smallest absolute Gasteiger partial charge is 0.229 e. The monoisotopic (exact) mass is 471 g/mol. The van der Waals surface area contributed by atoms with Crippen LogP contribution in [-0.4, -0.2) is 24.0 Å². The quantitative estimate of drug-likeness (QED) is 0.359. The molecule has 5 heteroatoms. The molecule has 4 nitrogen and oxygen atoms in total. The predicted molar refractivity (Wildman–Crippen MR) is 132 cm³/mol. The summed E-state index contributed by atoms with van der Waals surface area (Å²) in [6, 6.07) is 17.9. The third-order valence-corrected chi connectivity index (χ3v) is 4.55. The van der Waals surface area contributed by atoms with E-state index in [-0.39, 0.29) is 5.91 Å². The van der Waals surface area contributed by atoms with Crippen LogP contribution in [0.25, 0.3) is 0 Å². The number of carbonyl (C=O) groups excluding carboxylic acids is 1. The Balaban J connectivity index is 0.00000218. The van der Waals surface area contributed by atoms with Gasteiger partial charge in [0, 0.05) is 11.0 Å². The van der Waals surface area contributed by atoms with Gasteiger partial charge in [0.05, 0.1) is 18.7 Å². The van der Waals surface area contributed by atoms with Crippen molar-refractivity contribution in [1.82, 2.24) is 5.32 Å². The Bertz CT molecular complexity index is 812. The number of halogens is 1. The first kappa shape index (κ1) is 25.8. The molecule has 2 aromatic carbocycles. The van der Waals surface area contributed by atoms with Crippen LogP contribution in [0.5, 0.6) is 0 Å². The lowest BCUT2D eigenvalue weighted by molar-refractivity contribution is -0.119. The minimum Gasteiger partial charge on any atom is -0.309 e. The highest BCUT2D eigenvalue weighted by Gasteiger charge is 2.15. The summed E-state index contributed by atoms with van der Waals surface area (Å²) in [5.41, 5.74) is 2.95. The van der Waals surface area contributed by atoms with Gasteiger partial charge in [-0.15, -0.1) is 0 Å². The number of hydrogen-bond donors (Lipinski definition) is 1. The van der Waals surface area contributed by atoms with Gasteiger partial charge in [-0.25, -0.2) is 0 Å². The van der Waals surface area contributed by atoms with Crippen LogP contribution in [0.3, 0.4) is 0 Å². The lowest BCUT2D eigenvalue weighted by atomic mass is 10.0. The number of nitrogens with zero attached hydrogens (tertiary/aromatic N) is 2. The summed E-state index contributed by atoms with van der Waals surface area (Å²) in [5.74, 6) is 0.930. The summed E-state index contributed by atoms with van der Waals surface area (Å²) >= 11 is 3.42. The van der Waals surface area contributed by atoms with E-state index in [1.807, 2.05) is 63.2 Å². The molecule has 0 heterocycles. The summed E-state index contributed by atoms with van der Waals surface area (Å²) in [4.78, 5) is 21.9. The van der Waals surface area contributed by atoms with Crippen molar-refractivity contribution in [2.75, 3.05) is 6.54 Å². The minimum absolute atomic E-state index is 0.0781. The number of amides is 1. The van der Waals surface area contributed by atoms with Gasteiger partial charge in [-0.3, -0.25) is 14.8 Å². The summed E-state index contributed by atoms with van der Waals surface area (Å²) in [6.07, 6.45) is 1.08. The number of benzene rings is 2. The average Bonchev–Trinajstić information content (AvgIpc) is 2.74. The molecular weight excluding hydrogens is 438 g/mol. The van der Waals surface area contributed by atoms with Crippen molar-refractivity contribution < 1.29 is 4.79 Å². The lowest BCUT2D eigenvalue weighted by Crippen LogP contribution is -2.38. The Morgan fingerprint density at radius 1 is 0.967 bits per heavy atom. The Morgan fingerprint density at radius 3 is 2.17 bits per heavy atom. The highest BCUT2D eigenvalue weighted by Crippen LogP contribution is 2.11. The van der Waals surface area contributed by atoms with E-state index < -0.39 is 0 Å².